The average molecular weight is 226 g/mol. The van der Waals surface area contributed by atoms with Gasteiger partial charge in [-0.05, 0) is 6.92 Å². The molecule has 0 spiro atoms. The Morgan fingerprint density at radius 2 is 2.27 bits per heavy atom. The van der Waals surface area contributed by atoms with Crippen molar-refractivity contribution in [3.05, 3.63) is 23.9 Å². The molecule has 1 aromatic heterocycles. The maximum absolute atomic E-state index is 10.8. The van der Waals surface area contributed by atoms with E-state index in [9.17, 15) is 4.79 Å². The van der Waals surface area contributed by atoms with E-state index in [1.807, 2.05) is 6.92 Å². The van der Waals surface area contributed by atoms with Crippen LogP contribution in [-0.4, -0.2) is 22.8 Å². The minimum atomic E-state index is -0.169. The fourth-order valence-electron chi connectivity index (χ4n) is 0.589. The molecule has 4 radical (unpaired) electrons. The topological polar surface area (TPSA) is 39.8 Å². The molecule has 0 aliphatic carbocycles. The van der Waals surface area contributed by atoms with Crippen LogP contribution in [0, 0.1) is 7.05 Å². The number of aryl methyl sites for hydroxylation is 1. The number of aromatic nitrogens is 3. The Labute approximate surface area is 92.4 Å². The van der Waals surface area contributed by atoms with Gasteiger partial charge in [0.2, 0.25) is 0 Å². The van der Waals surface area contributed by atoms with E-state index in [4.69, 9.17) is 0 Å². The monoisotopic (exact) mass is 226 g/mol. The van der Waals surface area contributed by atoms with Gasteiger partial charge in [0.1, 0.15) is 6.33 Å². The molecule has 0 saturated carbocycles. The number of hydrogen-bond donors (Lipinski definition) is 0. The predicted octanol–water partition coefficient (Wildman–Crippen LogP) is -0.679. The van der Waals surface area contributed by atoms with Gasteiger partial charge >= 0.3 is 0 Å². The minimum Gasteiger partial charge on any atom is -0.362 e. The fourth-order valence-corrected chi connectivity index (χ4v) is 0.589. The third-order valence-electron chi connectivity index (χ3n) is 1.14. The summed E-state index contributed by atoms with van der Waals surface area (Å²) in [5.74, 6) is 0. The van der Waals surface area contributed by atoms with Crippen LogP contribution >= 0.6 is 0 Å². The molecule has 56 valence electrons. The normalized spacial score (nSPS) is 8.09. The molecule has 0 aliphatic heterocycles. The summed E-state index contributed by atoms with van der Waals surface area (Å²) in [7, 11) is 3.36. The van der Waals surface area contributed by atoms with Crippen LogP contribution in [0.15, 0.2) is 11.1 Å². The second-order valence-corrected chi connectivity index (χ2v) is 1.70. The Morgan fingerprint density at radius 1 is 1.73 bits per heavy atom. The summed E-state index contributed by atoms with van der Waals surface area (Å²) >= 11 is 0. The molecule has 0 atom stereocenters. The molecule has 4 nitrogen and oxygen atoms in total. The van der Waals surface area contributed by atoms with E-state index in [1.165, 1.54) is 10.9 Å². The molecule has 11 heavy (non-hydrogen) atoms. The molecule has 6 heteroatoms. The Bertz CT molecular complexity index is 256. The molecule has 1 aromatic rings. The van der Waals surface area contributed by atoms with Crippen molar-refractivity contribution in [1.29, 1.82) is 0 Å². The zero-order valence-corrected chi connectivity index (χ0v) is 9.23. The molecule has 1 heterocycles. The van der Waals surface area contributed by atoms with E-state index < -0.39 is 0 Å². The molecular formula is C5H8BN3OY-. The zero-order chi connectivity index (χ0) is 6.85. The Kier molecular flexibility index (Phi) is 6.91. The first-order chi connectivity index (χ1) is 4.25. The molecule has 0 N–H and O–H groups in total. The summed E-state index contributed by atoms with van der Waals surface area (Å²) in [6.07, 6.45) is 1.47. The summed E-state index contributed by atoms with van der Waals surface area (Å²) in [6, 6.07) is 0. The SMILES string of the molecule is [B].[CH2-]n1ncn(CC)c1=O.[Y]. The van der Waals surface area contributed by atoms with Gasteiger partial charge in [0.05, 0.1) is 0 Å². The Hall–Kier alpha value is -0.0212. The predicted molar refractivity (Wildman–Crippen MR) is 38.7 cm³/mol. The fraction of sp³-hybridized carbons (Fsp3) is 0.400. The maximum atomic E-state index is 10.8. The van der Waals surface area contributed by atoms with E-state index in [2.05, 4.69) is 12.1 Å². The standard InChI is InChI=1S/C5H8N3O.B.Y/c1-3-8-4-6-7(2)5(8)9;;/h4H,2-3H2,1H3;;/q-1;;. The first kappa shape index (κ1) is 13.6. The summed E-state index contributed by atoms with van der Waals surface area (Å²) in [5.41, 5.74) is -0.169. The van der Waals surface area contributed by atoms with Crippen LogP contribution in [0.5, 0.6) is 0 Å². The van der Waals surface area contributed by atoms with Gasteiger partial charge in [0, 0.05) is 47.7 Å². The van der Waals surface area contributed by atoms with Crippen molar-refractivity contribution in [3.8, 4) is 0 Å². The molecular weight excluding hydrogens is 218 g/mol. The van der Waals surface area contributed by atoms with Crippen LogP contribution in [-0.2, 0) is 39.3 Å². The molecule has 0 amide bonds. The smallest absolute Gasteiger partial charge is 0.189 e. The van der Waals surface area contributed by atoms with Gasteiger partial charge in [-0.2, -0.15) is 12.1 Å². The van der Waals surface area contributed by atoms with Gasteiger partial charge in [0.15, 0.2) is 5.69 Å². The van der Waals surface area contributed by atoms with Crippen LogP contribution < -0.4 is 5.69 Å². The second-order valence-electron chi connectivity index (χ2n) is 1.70. The van der Waals surface area contributed by atoms with Crippen LogP contribution in [0.1, 0.15) is 6.92 Å². The van der Waals surface area contributed by atoms with Crippen LogP contribution in [0.4, 0.5) is 0 Å². The molecule has 0 aromatic carbocycles. The first-order valence-corrected chi connectivity index (χ1v) is 2.71. The van der Waals surface area contributed by atoms with Crippen molar-refractivity contribution >= 4 is 8.41 Å². The van der Waals surface area contributed by atoms with Gasteiger partial charge in [-0.25, -0.2) is 0 Å². The third kappa shape index (κ3) is 2.83. The van der Waals surface area contributed by atoms with E-state index in [0.29, 0.717) is 6.54 Å². The summed E-state index contributed by atoms with van der Waals surface area (Å²) in [4.78, 5) is 10.8. The Morgan fingerprint density at radius 3 is 2.45 bits per heavy atom. The van der Waals surface area contributed by atoms with Gasteiger partial charge in [0.25, 0.3) is 0 Å². The van der Waals surface area contributed by atoms with E-state index in [-0.39, 0.29) is 46.8 Å². The van der Waals surface area contributed by atoms with Gasteiger partial charge in [-0.1, -0.05) is 0 Å². The molecule has 0 fully saturated rings. The molecule has 0 aliphatic rings. The van der Waals surface area contributed by atoms with Gasteiger partial charge in [-0.15, -0.1) is 0 Å². The van der Waals surface area contributed by atoms with Crippen molar-refractivity contribution in [1.82, 2.24) is 14.3 Å². The van der Waals surface area contributed by atoms with Crippen LogP contribution in [0.3, 0.4) is 0 Å². The average Bonchev–Trinajstić information content (AvgIpc) is 2.15. The summed E-state index contributed by atoms with van der Waals surface area (Å²) < 4.78 is 2.54. The van der Waals surface area contributed by atoms with Crippen molar-refractivity contribution in [3.63, 3.8) is 0 Å². The summed E-state index contributed by atoms with van der Waals surface area (Å²) in [6.45, 7) is 2.53. The van der Waals surface area contributed by atoms with Crippen LogP contribution in [0.2, 0.25) is 0 Å². The van der Waals surface area contributed by atoms with E-state index in [1.54, 1.807) is 0 Å². The number of hydrogen-bond acceptors (Lipinski definition) is 2. The molecule has 0 bridgehead atoms. The second kappa shape index (κ2) is 5.61. The molecule has 0 saturated heterocycles. The van der Waals surface area contributed by atoms with Crippen molar-refractivity contribution in [2.24, 2.45) is 0 Å². The first-order valence-electron chi connectivity index (χ1n) is 2.71. The van der Waals surface area contributed by atoms with E-state index in [0.717, 1.165) is 4.68 Å². The zero-order valence-electron chi connectivity index (χ0n) is 6.40. The summed E-state index contributed by atoms with van der Waals surface area (Å²) in [5, 5.41) is 3.64. The minimum absolute atomic E-state index is 0. The van der Waals surface area contributed by atoms with Crippen molar-refractivity contribution < 1.29 is 32.7 Å². The van der Waals surface area contributed by atoms with Crippen molar-refractivity contribution in [2.45, 2.75) is 13.5 Å². The van der Waals surface area contributed by atoms with Crippen molar-refractivity contribution in [2.75, 3.05) is 0 Å². The molecule has 1 rings (SSSR count). The van der Waals surface area contributed by atoms with Gasteiger partial charge in [-0.3, -0.25) is 0 Å². The quantitative estimate of drug-likeness (QED) is 0.470. The van der Waals surface area contributed by atoms with E-state index >= 15 is 0 Å². The number of rotatable bonds is 1. The Balaban J connectivity index is 0. The maximum Gasteiger partial charge on any atom is 0.189 e. The molecule has 0 unspecified atom stereocenters. The third-order valence-corrected chi connectivity index (χ3v) is 1.14. The number of nitrogens with zero attached hydrogens (tertiary/aromatic N) is 3. The van der Waals surface area contributed by atoms with Crippen LogP contribution in [0.25, 0.3) is 0 Å². The van der Waals surface area contributed by atoms with Gasteiger partial charge < -0.3 is 14.0 Å². The largest absolute Gasteiger partial charge is 0.362 e.